The minimum absolute atomic E-state index is 0.00309. The molecule has 2 saturated heterocycles. The van der Waals surface area contributed by atoms with Crippen molar-refractivity contribution < 1.29 is 32.6 Å². The van der Waals surface area contributed by atoms with Gasteiger partial charge in [0.25, 0.3) is 5.91 Å². The number of halogens is 2. The zero-order valence-corrected chi connectivity index (χ0v) is 16.2. The highest BCUT2D eigenvalue weighted by Crippen LogP contribution is 2.29. The molecule has 7 nitrogen and oxygen atoms in total. The highest BCUT2D eigenvalue weighted by Gasteiger charge is 2.30. The highest BCUT2D eigenvalue weighted by atomic mass is 19.3. The van der Waals surface area contributed by atoms with Crippen molar-refractivity contribution in [3.8, 4) is 11.5 Å². The van der Waals surface area contributed by atoms with Gasteiger partial charge in [0.1, 0.15) is 6.10 Å². The molecule has 0 spiro atoms. The van der Waals surface area contributed by atoms with E-state index in [2.05, 4.69) is 4.74 Å². The first kappa shape index (κ1) is 21.0. The van der Waals surface area contributed by atoms with E-state index < -0.39 is 6.61 Å². The topological polar surface area (TPSA) is 68.3 Å². The van der Waals surface area contributed by atoms with Crippen molar-refractivity contribution >= 4 is 17.9 Å². The first-order valence-electron chi connectivity index (χ1n) is 9.48. The lowest BCUT2D eigenvalue weighted by Crippen LogP contribution is -2.52. The number of rotatable bonds is 6. The maximum atomic E-state index is 12.4. The predicted molar refractivity (Wildman–Crippen MR) is 101 cm³/mol. The van der Waals surface area contributed by atoms with E-state index in [0.717, 1.165) is 12.8 Å². The van der Waals surface area contributed by atoms with Crippen LogP contribution in [0.1, 0.15) is 18.4 Å². The standard InChI is InChI=1S/C20H24F2N2O5/c1-27-17-13-14(4-6-15(17)29-20(21)22)5-7-18(25)23-8-10-24(11-9-23)19(26)16-3-2-12-28-16/h4-7,13,16,20H,2-3,8-12H2,1H3/b7-5+. The Bertz CT molecular complexity index is 757. The molecule has 0 N–H and O–H groups in total. The number of hydrogen-bond donors (Lipinski definition) is 0. The van der Waals surface area contributed by atoms with Crippen LogP contribution in [0.15, 0.2) is 24.3 Å². The molecule has 0 aliphatic carbocycles. The molecule has 0 saturated carbocycles. The maximum absolute atomic E-state index is 12.4. The Morgan fingerprint density at radius 3 is 2.52 bits per heavy atom. The van der Waals surface area contributed by atoms with E-state index in [9.17, 15) is 18.4 Å². The van der Waals surface area contributed by atoms with Crippen LogP contribution in [0.5, 0.6) is 11.5 Å². The number of nitrogens with zero attached hydrogens (tertiary/aromatic N) is 2. The van der Waals surface area contributed by atoms with E-state index in [1.807, 2.05) is 0 Å². The molecular weight excluding hydrogens is 386 g/mol. The number of hydrogen-bond acceptors (Lipinski definition) is 5. The summed E-state index contributed by atoms with van der Waals surface area (Å²) in [5, 5.41) is 0. The van der Waals surface area contributed by atoms with Gasteiger partial charge in [-0.25, -0.2) is 0 Å². The van der Waals surface area contributed by atoms with E-state index in [-0.39, 0.29) is 29.4 Å². The Balaban J connectivity index is 1.54. The molecule has 1 aromatic rings. The summed E-state index contributed by atoms with van der Waals surface area (Å²) < 4.78 is 39.6. The Hall–Kier alpha value is -2.68. The fourth-order valence-corrected chi connectivity index (χ4v) is 3.38. The van der Waals surface area contributed by atoms with Gasteiger partial charge in [-0.15, -0.1) is 0 Å². The molecule has 2 heterocycles. The lowest BCUT2D eigenvalue weighted by atomic mass is 10.1. The van der Waals surface area contributed by atoms with E-state index in [0.29, 0.717) is 38.3 Å². The normalized spacial score (nSPS) is 19.8. The zero-order chi connectivity index (χ0) is 20.8. The molecule has 2 fully saturated rings. The summed E-state index contributed by atoms with van der Waals surface area (Å²) in [5.41, 5.74) is 0.615. The number of ether oxygens (including phenoxy) is 3. The van der Waals surface area contributed by atoms with E-state index in [4.69, 9.17) is 9.47 Å². The summed E-state index contributed by atoms with van der Waals surface area (Å²) in [4.78, 5) is 28.2. The van der Waals surface area contributed by atoms with Crippen molar-refractivity contribution in [2.75, 3.05) is 39.9 Å². The highest BCUT2D eigenvalue weighted by molar-refractivity contribution is 5.92. The van der Waals surface area contributed by atoms with Gasteiger partial charge in [0, 0.05) is 38.9 Å². The molecule has 1 unspecified atom stereocenters. The van der Waals surface area contributed by atoms with Crippen LogP contribution in [0.2, 0.25) is 0 Å². The Labute approximate surface area is 167 Å². The molecule has 3 rings (SSSR count). The third kappa shape index (κ3) is 5.44. The van der Waals surface area contributed by atoms with E-state index in [1.54, 1.807) is 21.9 Å². The molecular formula is C20H24F2N2O5. The van der Waals surface area contributed by atoms with Gasteiger partial charge < -0.3 is 24.0 Å². The Morgan fingerprint density at radius 2 is 1.90 bits per heavy atom. The van der Waals surface area contributed by atoms with E-state index in [1.165, 1.54) is 25.3 Å². The van der Waals surface area contributed by atoms with Crippen LogP contribution in [-0.2, 0) is 14.3 Å². The molecule has 0 bridgehead atoms. The van der Waals surface area contributed by atoms with E-state index >= 15 is 0 Å². The van der Waals surface area contributed by atoms with Crippen molar-refractivity contribution in [2.24, 2.45) is 0 Å². The minimum atomic E-state index is -2.95. The summed E-state index contributed by atoms with van der Waals surface area (Å²) in [6, 6.07) is 4.44. The number of piperazine rings is 1. The Morgan fingerprint density at radius 1 is 1.17 bits per heavy atom. The van der Waals surface area contributed by atoms with Crippen LogP contribution >= 0.6 is 0 Å². The third-order valence-corrected chi connectivity index (χ3v) is 4.93. The van der Waals surface area contributed by atoms with Gasteiger partial charge in [0.05, 0.1) is 7.11 Å². The SMILES string of the molecule is COc1cc(/C=C/C(=O)N2CCN(C(=O)C3CCCO3)CC2)ccc1OC(F)F. The third-order valence-electron chi connectivity index (χ3n) is 4.93. The second-order valence-electron chi connectivity index (χ2n) is 6.77. The van der Waals surface area contributed by atoms with Crippen molar-refractivity contribution in [3.63, 3.8) is 0 Å². The van der Waals surface area contributed by atoms with Gasteiger partial charge in [-0.05, 0) is 36.6 Å². The number of carbonyl (C=O) groups is 2. The van der Waals surface area contributed by atoms with Crippen LogP contribution < -0.4 is 9.47 Å². The van der Waals surface area contributed by atoms with Gasteiger partial charge in [-0.1, -0.05) is 6.07 Å². The van der Waals surface area contributed by atoms with Crippen molar-refractivity contribution in [1.29, 1.82) is 0 Å². The van der Waals surface area contributed by atoms with Crippen LogP contribution in [0.3, 0.4) is 0 Å². The lowest BCUT2D eigenvalue weighted by Gasteiger charge is -2.35. The number of methoxy groups -OCH3 is 1. The summed E-state index contributed by atoms with van der Waals surface area (Å²) in [7, 11) is 1.35. The molecule has 158 valence electrons. The predicted octanol–water partition coefficient (Wildman–Crippen LogP) is 2.16. The van der Waals surface area contributed by atoms with Crippen LogP contribution in [0, 0.1) is 0 Å². The summed E-state index contributed by atoms with van der Waals surface area (Å²) >= 11 is 0. The van der Waals surface area contributed by atoms with Crippen molar-refractivity contribution in [1.82, 2.24) is 9.80 Å². The molecule has 0 aromatic heterocycles. The minimum Gasteiger partial charge on any atom is -0.493 e. The van der Waals surface area contributed by atoms with Gasteiger partial charge in [-0.2, -0.15) is 8.78 Å². The first-order valence-corrected chi connectivity index (χ1v) is 9.48. The summed E-state index contributed by atoms with van der Waals surface area (Å²) in [5.74, 6) is -0.0939. The molecule has 9 heteroatoms. The average Bonchev–Trinajstić information content (AvgIpc) is 3.27. The van der Waals surface area contributed by atoms with Crippen molar-refractivity contribution in [2.45, 2.75) is 25.6 Å². The summed E-state index contributed by atoms with van der Waals surface area (Å²) in [6.07, 6.45) is 4.32. The monoisotopic (exact) mass is 410 g/mol. The van der Waals surface area contributed by atoms with Crippen LogP contribution in [0.25, 0.3) is 6.08 Å². The second kappa shape index (κ2) is 9.69. The second-order valence-corrected chi connectivity index (χ2v) is 6.77. The van der Waals surface area contributed by atoms with Crippen molar-refractivity contribution in [3.05, 3.63) is 29.8 Å². The Kier molecular flexibility index (Phi) is 7.03. The molecule has 29 heavy (non-hydrogen) atoms. The molecule has 1 aromatic carbocycles. The lowest BCUT2D eigenvalue weighted by molar-refractivity contribution is -0.144. The van der Waals surface area contributed by atoms with Gasteiger partial charge in [-0.3, -0.25) is 9.59 Å². The first-order chi connectivity index (χ1) is 14.0. The van der Waals surface area contributed by atoms with Crippen LogP contribution in [-0.4, -0.2) is 74.2 Å². The van der Waals surface area contributed by atoms with Gasteiger partial charge >= 0.3 is 6.61 Å². The maximum Gasteiger partial charge on any atom is 0.387 e. The zero-order valence-electron chi connectivity index (χ0n) is 16.2. The number of amides is 2. The fraction of sp³-hybridized carbons (Fsp3) is 0.500. The number of benzene rings is 1. The molecule has 2 aliphatic rings. The quantitative estimate of drug-likeness (QED) is 0.673. The summed E-state index contributed by atoms with van der Waals surface area (Å²) in [6.45, 7) is -0.465. The molecule has 1 atom stereocenters. The number of alkyl halides is 2. The molecule has 2 amide bonds. The molecule has 0 radical (unpaired) electrons. The smallest absolute Gasteiger partial charge is 0.387 e. The van der Waals surface area contributed by atoms with Gasteiger partial charge in [0.2, 0.25) is 5.91 Å². The fourth-order valence-electron chi connectivity index (χ4n) is 3.38. The number of carbonyl (C=O) groups excluding carboxylic acids is 2. The van der Waals surface area contributed by atoms with Crippen LogP contribution in [0.4, 0.5) is 8.78 Å². The molecule has 2 aliphatic heterocycles. The average molecular weight is 410 g/mol. The van der Waals surface area contributed by atoms with Gasteiger partial charge in [0.15, 0.2) is 11.5 Å². The largest absolute Gasteiger partial charge is 0.493 e.